The van der Waals surface area contributed by atoms with Crippen LogP contribution in [0.5, 0.6) is 5.75 Å². The van der Waals surface area contributed by atoms with Crippen LogP contribution in [0.25, 0.3) is 0 Å². The van der Waals surface area contributed by atoms with Gasteiger partial charge in [-0.25, -0.2) is 0 Å². The molecule has 0 saturated carbocycles. The van der Waals surface area contributed by atoms with E-state index < -0.39 is 10.5 Å². The maximum absolute atomic E-state index is 12.1. The lowest BCUT2D eigenvalue weighted by Crippen LogP contribution is -2.01. The minimum absolute atomic E-state index is 0.0168. The minimum Gasteiger partial charge on any atom is -0.358 e. The van der Waals surface area contributed by atoms with Gasteiger partial charge >= 0.3 is 10.5 Å². The third-order valence-electron chi connectivity index (χ3n) is 1.74. The molecule has 14 heavy (non-hydrogen) atoms. The van der Waals surface area contributed by atoms with Gasteiger partial charge in [-0.2, -0.15) is 8.42 Å². The fourth-order valence-electron chi connectivity index (χ4n) is 1.02. The molecule has 0 atom stereocenters. The Kier molecular flexibility index (Phi) is 3.10. The summed E-state index contributed by atoms with van der Waals surface area (Å²) in [5.74, 6) is 0.322. The van der Waals surface area contributed by atoms with Crippen molar-refractivity contribution in [3.63, 3.8) is 0 Å². The molecule has 0 saturated heterocycles. The van der Waals surface area contributed by atoms with E-state index in [0.29, 0.717) is 5.92 Å². The van der Waals surface area contributed by atoms with Gasteiger partial charge in [0.2, 0.25) is 0 Å². The summed E-state index contributed by atoms with van der Waals surface area (Å²) in [4.78, 5) is 0. The SMILES string of the molecule is CC(C)c1ccc(OS(=O)(=O)F)cc1. The molecule has 0 N–H and O–H groups in total. The molecule has 1 aromatic carbocycles. The molecule has 1 aromatic rings. The zero-order valence-corrected chi connectivity index (χ0v) is 8.71. The van der Waals surface area contributed by atoms with Crippen molar-refractivity contribution in [3.05, 3.63) is 29.8 Å². The van der Waals surface area contributed by atoms with Gasteiger partial charge in [0.05, 0.1) is 0 Å². The molecular formula is C9H11FO3S. The smallest absolute Gasteiger partial charge is 0.358 e. The lowest BCUT2D eigenvalue weighted by atomic mass is 10.0. The molecule has 0 heterocycles. The zero-order valence-electron chi connectivity index (χ0n) is 7.90. The van der Waals surface area contributed by atoms with Gasteiger partial charge in [-0.3, -0.25) is 0 Å². The van der Waals surface area contributed by atoms with Crippen LogP contribution in [0.4, 0.5) is 3.89 Å². The second kappa shape index (κ2) is 3.96. The van der Waals surface area contributed by atoms with Gasteiger partial charge in [0.1, 0.15) is 5.75 Å². The van der Waals surface area contributed by atoms with E-state index in [9.17, 15) is 12.3 Å². The third-order valence-corrected chi connectivity index (χ3v) is 2.13. The van der Waals surface area contributed by atoms with Crippen molar-refractivity contribution < 1.29 is 16.5 Å². The first-order valence-corrected chi connectivity index (χ1v) is 5.43. The molecule has 0 unspecified atom stereocenters. The van der Waals surface area contributed by atoms with E-state index in [1.54, 1.807) is 12.1 Å². The molecule has 0 aliphatic heterocycles. The first-order valence-electron chi connectivity index (χ1n) is 4.12. The summed E-state index contributed by atoms with van der Waals surface area (Å²) < 4.78 is 36.4. The second-order valence-electron chi connectivity index (χ2n) is 3.20. The van der Waals surface area contributed by atoms with Gasteiger partial charge in [0.15, 0.2) is 0 Å². The summed E-state index contributed by atoms with van der Waals surface area (Å²) >= 11 is 0. The summed E-state index contributed by atoms with van der Waals surface area (Å²) in [5, 5.41) is 0. The Hall–Kier alpha value is -1.10. The first kappa shape index (κ1) is 11.0. The molecular weight excluding hydrogens is 207 g/mol. The van der Waals surface area contributed by atoms with Crippen LogP contribution in [0.2, 0.25) is 0 Å². The molecule has 0 aliphatic rings. The molecule has 5 heteroatoms. The molecule has 0 bridgehead atoms. The number of rotatable bonds is 3. The summed E-state index contributed by atoms with van der Waals surface area (Å²) in [7, 11) is -4.91. The molecule has 78 valence electrons. The van der Waals surface area contributed by atoms with Crippen molar-refractivity contribution in [2.75, 3.05) is 0 Å². The number of benzene rings is 1. The van der Waals surface area contributed by atoms with E-state index in [2.05, 4.69) is 4.18 Å². The Labute approximate surface area is 82.9 Å². The van der Waals surface area contributed by atoms with Crippen molar-refractivity contribution in [3.8, 4) is 5.75 Å². The van der Waals surface area contributed by atoms with Crippen LogP contribution < -0.4 is 4.18 Å². The Bertz CT molecular complexity index is 395. The monoisotopic (exact) mass is 218 g/mol. The van der Waals surface area contributed by atoms with E-state index in [1.165, 1.54) is 12.1 Å². The Morgan fingerprint density at radius 2 is 1.71 bits per heavy atom. The van der Waals surface area contributed by atoms with Gasteiger partial charge in [-0.1, -0.05) is 29.9 Å². The predicted octanol–water partition coefficient (Wildman–Crippen LogP) is 2.40. The van der Waals surface area contributed by atoms with Crippen LogP contribution in [0, 0.1) is 0 Å². The molecule has 3 nitrogen and oxygen atoms in total. The van der Waals surface area contributed by atoms with Crippen molar-refractivity contribution >= 4 is 10.5 Å². The standard InChI is InChI=1S/C9H11FO3S/c1-7(2)8-3-5-9(6-4-8)13-14(10,11)12/h3-7H,1-2H3. The highest BCUT2D eigenvalue weighted by atomic mass is 32.3. The zero-order chi connectivity index (χ0) is 10.8. The second-order valence-corrected chi connectivity index (χ2v) is 4.15. The Balaban J connectivity index is 2.84. The molecule has 0 spiro atoms. The van der Waals surface area contributed by atoms with Crippen LogP contribution in [0.1, 0.15) is 25.3 Å². The van der Waals surface area contributed by atoms with Gasteiger partial charge in [0.25, 0.3) is 0 Å². The van der Waals surface area contributed by atoms with Crippen molar-refractivity contribution in [2.45, 2.75) is 19.8 Å². The third kappa shape index (κ3) is 3.33. The minimum atomic E-state index is -4.91. The van der Waals surface area contributed by atoms with Crippen LogP contribution in [0.15, 0.2) is 24.3 Å². The quantitative estimate of drug-likeness (QED) is 0.732. The average molecular weight is 218 g/mol. The normalized spacial score (nSPS) is 11.7. The van der Waals surface area contributed by atoms with Gasteiger partial charge < -0.3 is 4.18 Å². The van der Waals surface area contributed by atoms with E-state index in [-0.39, 0.29) is 5.75 Å². The lowest BCUT2D eigenvalue weighted by molar-refractivity contribution is 0.440. The first-order chi connectivity index (χ1) is 6.38. The average Bonchev–Trinajstić information content (AvgIpc) is 2.02. The van der Waals surface area contributed by atoms with Crippen molar-refractivity contribution in [1.82, 2.24) is 0 Å². The molecule has 1 rings (SSSR count). The molecule has 0 radical (unpaired) electrons. The van der Waals surface area contributed by atoms with Crippen LogP contribution in [-0.2, 0) is 10.5 Å². The predicted molar refractivity (Wildman–Crippen MR) is 51.2 cm³/mol. The van der Waals surface area contributed by atoms with Crippen LogP contribution >= 0.6 is 0 Å². The molecule has 0 amide bonds. The van der Waals surface area contributed by atoms with E-state index in [4.69, 9.17) is 0 Å². The number of hydrogen-bond acceptors (Lipinski definition) is 3. The lowest BCUT2D eigenvalue weighted by Gasteiger charge is -2.05. The van der Waals surface area contributed by atoms with E-state index >= 15 is 0 Å². The molecule has 0 aliphatic carbocycles. The highest BCUT2D eigenvalue weighted by molar-refractivity contribution is 7.81. The van der Waals surface area contributed by atoms with Crippen LogP contribution in [0.3, 0.4) is 0 Å². The Morgan fingerprint density at radius 1 is 1.21 bits per heavy atom. The van der Waals surface area contributed by atoms with Crippen molar-refractivity contribution in [1.29, 1.82) is 0 Å². The summed E-state index contributed by atoms with van der Waals surface area (Å²) in [6.45, 7) is 4.00. The fraction of sp³-hybridized carbons (Fsp3) is 0.333. The van der Waals surface area contributed by atoms with Gasteiger partial charge in [0, 0.05) is 0 Å². The topological polar surface area (TPSA) is 43.4 Å². The van der Waals surface area contributed by atoms with E-state index in [1.807, 2.05) is 13.8 Å². The highest BCUT2D eigenvalue weighted by Gasteiger charge is 2.09. The summed E-state index contributed by atoms with van der Waals surface area (Å²) in [6.07, 6.45) is 0. The van der Waals surface area contributed by atoms with Gasteiger partial charge in [-0.15, -0.1) is 0 Å². The van der Waals surface area contributed by atoms with E-state index in [0.717, 1.165) is 5.56 Å². The Morgan fingerprint density at radius 3 is 2.07 bits per heavy atom. The van der Waals surface area contributed by atoms with Gasteiger partial charge in [-0.05, 0) is 23.6 Å². The summed E-state index contributed by atoms with van der Waals surface area (Å²) in [6, 6.07) is 6.25. The van der Waals surface area contributed by atoms with Crippen LogP contribution in [-0.4, -0.2) is 8.42 Å². The maximum Gasteiger partial charge on any atom is 0.488 e. The number of hydrogen-bond donors (Lipinski definition) is 0. The number of halogens is 1. The fourth-order valence-corrected chi connectivity index (χ4v) is 1.36. The van der Waals surface area contributed by atoms with Crippen molar-refractivity contribution in [2.24, 2.45) is 0 Å². The largest absolute Gasteiger partial charge is 0.488 e. The molecule has 0 aromatic heterocycles. The highest BCUT2D eigenvalue weighted by Crippen LogP contribution is 2.19. The maximum atomic E-state index is 12.1. The summed E-state index contributed by atoms with van der Waals surface area (Å²) in [5.41, 5.74) is 1.04. The molecule has 0 fully saturated rings.